The maximum Gasteiger partial charge on any atom is 0.269 e. The van der Waals surface area contributed by atoms with E-state index in [2.05, 4.69) is 5.32 Å². The summed E-state index contributed by atoms with van der Waals surface area (Å²) in [6.45, 7) is 1.81. The number of hydrogen-bond acceptors (Lipinski definition) is 4. The first-order valence-corrected chi connectivity index (χ1v) is 8.02. The highest BCUT2D eigenvalue weighted by atomic mass is 32.2. The third-order valence-corrected chi connectivity index (χ3v) is 4.42. The van der Waals surface area contributed by atoms with Gasteiger partial charge in [0.1, 0.15) is 11.6 Å². The Hall–Kier alpha value is -2.48. The van der Waals surface area contributed by atoms with E-state index in [-0.39, 0.29) is 22.4 Å². The predicted molar refractivity (Wildman–Crippen MR) is 89.0 cm³/mol. The fraction of sp³-hybridized carbons (Fsp3) is 0.188. The Bertz CT molecular complexity index is 771. The molecule has 2 rings (SSSR count). The monoisotopic (exact) mass is 352 g/mol. The minimum atomic E-state index is -0.721. The van der Waals surface area contributed by atoms with Crippen LogP contribution in [0.1, 0.15) is 17.7 Å². The van der Waals surface area contributed by atoms with E-state index in [0.717, 1.165) is 18.2 Å². The van der Waals surface area contributed by atoms with E-state index in [0.29, 0.717) is 5.56 Å². The molecule has 0 saturated heterocycles. The molecule has 0 spiro atoms. The average molecular weight is 352 g/mol. The van der Waals surface area contributed by atoms with Crippen LogP contribution < -0.4 is 5.32 Å². The molecule has 0 aliphatic heterocycles. The van der Waals surface area contributed by atoms with E-state index >= 15 is 0 Å². The number of nitro groups is 1. The number of nitro benzene ring substituents is 1. The number of carbonyl (C=O) groups is 1. The fourth-order valence-electron chi connectivity index (χ4n) is 1.97. The molecule has 1 atom stereocenters. The summed E-state index contributed by atoms with van der Waals surface area (Å²) in [7, 11) is 0. The van der Waals surface area contributed by atoms with Gasteiger partial charge in [-0.15, -0.1) is 11.8 Å². The topological polar surface area (TPSA) is 72.2 Å². The summed E-state index contributed by atoms with van der Waals surface area (Å²) in [5.41, 5.74) is 0.466. The van der Waals surface area contributed by atoms with Gasteiger partial charge in [0.15, 0.2) is 0 Å². The van der Waals surface area contributed by atoms with E-state index in [4.69, 9.17) is 0 Å². The summed E-state index contributed by atoms with van der Waals surface area (Å²) < 4.78 is 26.5. The molecule has 2 aromatic rings. The van der Waals surface area contributed by atoms with Gasteiger partial charge in [0.25, 0.3) is 5.69 Å². The quantitative estimate of drug-likeness (QED) is 0.621. The molecule has 1 N–H and O–H groups in total. The predicted octanol–water partition coefficient (Wildman–Crippen LogP) is 4.31. The van der Waals surface area contributed by atoms with E-state index in [1.807, 2.05) is 0 Å². The van der Waals surface area contributed by atoms with Crippen molar-refractivity contribution in [1.82, 2.24) is 0 Å². The van der Waals surface area contributed by atoms with E-state index in [1.165, 1.54) is 23.9 Å². The first-order valence-electron chi connectivity index (χ1n) is 6.97. The first kappa shape index (κ1) is 17.9. The number of anilines is 1. The van der Waals surface area contributed by atoms with E-state index < -0.39 is 22.5 Å². The Kier molecular flexibility index (Phi) is 5.86. The number of non-ortho nitro benzene ring substituents is 1. The Morgan fingerprint density at radius 2 is 2.04 bits per heavy atom. The lowest BCUT2D eigenvalue weighted by atomic mass is 10.1. The number of halogens is 2. The van der Waals surface area contributed by atoms with Crippen molar-refractivity contribution in [3.05, 3.63) is 69.8 Å². The summed E-state index contributed by atoms with van der Waals surface area (Å²) >= 11 is 1.24. The Labute approximate surface area is 141 Å². The molecule has 0 saturated carbocycles. The zero-order chi connectivity index (χ0) is 17.7. The van der Waals surface area contributed by atoms with Gasteiger partial charge in [-0.3, -0.25) is 14.9 Å². The highest BCUT2D eigenvalue weighted by Gasteiger charge is 2.14. The van der Waals surface area contributed by atoms with Gasteiger partial charge in [-0.2, -0.15) is 0 Å². The SMILES string of the molecule is C[C@H](SCC(=O)Nc1cc(F)ccc1F)c1cccc([N+](=O)[O-])c1. The van der Waals surface area contributed by atoms with Crippen LogP contribution in [0, 0.1) is 21.7 Å². The standard InChI is InChI=1S/C16H14F2N2O3S/c1-10(11-3-2-4-13(7-11)20(22)23)24-9-16(21)19-15-8-12(17)5-6-14(15)18/h2-8,10H,9H2,1H3,(H,19,21)/t10-/m0/s1. The minimum absolute atomic E-state index is 0.000187. The molecule has 0 heterocycles. The maximum absolute atomic E-state index is 13.5. The summed E-state index contributed by atoms with van der Waals surface area (Å²) in [4.78, 5) is 22.1. The lowest BCUT2D eigenvalue weighted by Gasteiger charge is -2.12. The zero-order valence-electron chi connectivity index (χ0n) is 12.7. The first-order chi connectivity index (χ1) is 11.4. The molecule has 0 radical (unpaired) electrons. The largest absolute Gasteiger partial charge is 0.323 e. The van der Waals surface area contributed by atoms with Crippen LogP contribution in [0.25, 0.3) is 0 Å². The Morgan fingerprint density at radius 1 is 1.29 bits per heavy atom. The molecular formula is C16H14F2N2O3S. The summed E-state index contributed by atoms with van der Waals surface area (Å²) in [5.74, 6) is -1.85. The molecule has 2 aromatic carbocycles. The molecule has 0 unspecified atom stereocenters. The van der Waals surface area contributed by atoms with Crippen LogP contribution in [0.4, 0.5) is 20.2 Å². The second-order valence-electron chi connectivity index (χ2n) is 4.98. The third-order valence-electron chi connectivity index (χ3n) is 3.22. The van der Waals surface area contributed by atoms with Crippen LogP contribution in [0.3, 0.4) is 0 Å². The molecule has 126 valence electrons. The van der Waals surface area contributed by atoms with Crippen LogP contribution in [-0.4, -0.2) is 16.6 Å². The molecular weight excluding hydrogens is 338 g/mol. The molecule has 0 aromatic heterocycles. The summed E-state index contributed by atoms with van der Waals surface area (Å²) in [6.07, 6.45) is 0. The van der Waals surface area contributed by atoms with Crippen LogP contribution in [-0.2, 0) is 4.79 Å². The molecule has 24 heavy (non-hydrogen) atoms. The van der Waals surface area contributed by atoms with Gasteiger partial charge in [0.05, 0.1) is 16.4 Å². The molecule has 0 fully saturated rings. The van der Waals surface area contributed by atoms with Crippen LogP contribution in [0.2, 0.25) is 0 Å². The number of benzene rings is 2. The van der Waals surface area contributed by atoms with E-state index in [1.54, 1.807) is 19.1 Å². The van der Waals surface area contributed by atoms with Crippen molar-refractivity contribution in [1.29, 1.82) is 0 Å². The number of hydrogen-bond donors (Lipinski definition) is 1. The van der Waals surface area contributed by atoms with Crippen molar-refractivity contribution >= 4 is 29.0 Å². The van der Waals surface area contributed by atoms with Crippen molar-refractivity contribution in [2.45, 2.75) is 12.2 Å². The zero-order valence-corrected chi connectivity index (χ0v) is 13.5. The van der Waals surface area contributed by atoms with Crippen molar-refractivity contribution in [2.24, 2.45) is 0 Å². The summed E-state index contributed by atoms with van der Waals surface area (Å²) in [5, 5.41) is 12.9. The maximum atomic E-state index is 13.5. The lowest BCUT2D eigenvalue weighted by molar-refractivity contribution is -0.384. The van der Waals surface area contributed by atoms with Gasteiger partial charge in [-0.1, -0.05) is 12.1 Å². The Balaban J connectivity index is 1.95. The van der Waals surface area contributed by atoms with Crippen molar-refractivity contribution < 1.29 is 18.5 Å². The van der Waals surface area contributed by atoms with Crippen molar-refractivity contribution in [3.8, 4) is 0 Å². The number of thioether (sulfide) groups is 1. The highest BCUT2D eigenvalue weighted by Crippen LogP contribution is 2.30. The van der Waals surface area contributed by atoms with Crippen LogP contribution >= 0.6 is 11.8 Å². The normalized spacial score (nSPS) is 11.8. The van der Waals surface area contributed by atoms with Gasteiger partial charge < -0.3 is 5.32 Å². The number of rotatable bonds is 6. The van der Waals surface area contributed by atoms with Gasteiger partial charge in [-0.25, -0.2) is 8.78 Å². The Morgan fingerprint density at radius 3 is 2.75 bits per heavy atom. The number of carbonyl (C=O) groups excluding carboxylic acids is 1. The van der Waals surface area contributed by atoms with Crippen molar-refractivity contribution in [3.63, 3.8) is 0 Å². The third kappa shape index (κ3) is 4.76. The second-order valence-corrected chi connectivity index (χ2v) is 6.31. The van der Waals surface area contributed by atoms with E-state index in [9.17, 15) is 23.7 Å². The van der Waals surface area contributed by atoms with Crippen LogP contribution in [0.5, 0.6) is 0 Å². The fourth-order valence-corrected chi connectivity index (χ4v) is 2.78. The molecule has 1 amide bonds. The van der Waals surface area contributed by atoms with Gasteiger partial charge in [0, 0.05) is 23.4 Å². The average Bonchev–Trinajstić information content (AvgIpc) is 2.56. The van der Waals surface area contributed by atoms with Gasteiger partial charge in [0.2, 0.25) is 5.91 Å². The lowest BCUT2D eigenvalue weighted by Crippen LogP contribution is -2.15. The molecule has 5 nitrogen and oxygen atoms in total. The second kappa shape index (κ2) is 7.87. The number of nitrogens with one attached hydrogen (secondary N) is 1. The minimum Gasteiger partial charge on any atom is -0.323 e. The smallest absolute Gasteiger partial charge is 0.269 e. The number of nitrogens with zero attached hydrogens (tertiary/aromatic N) is 1. The van der Waals surface area contributed by atoms with Crippen LogP contribution in [0.15, 0.2) is 42.5 Å². The van der Waals surface area contributed by atoms with Crippen molar-refractivity contribution in [2.75, 3.05) is 11.1 Å². The molecule has 8 heteroatoms. The van der Waals surface area contributed by atoms with Gasteiger partial charge in [-0.05, 0) is 24.6 Å². The molecule has 0 aliphatic carbocycles. The summed E-state index contributed by atoms with van der Waals surface area (Å²) in [6, 6.07) is 8.94. The number of amides is 1. The molecule has 0 aliphatic rings. The molecule has 0 bridgehead atoms. The highest BCUT2D eigenvalue weighted by molar-refractivity contribution is 8.00. The van der Waals surface area contributed by atoms with Gasteiger partial charge >= 0.3 is 0 Å².